The summed E-state index contributed by atoms with van der Waals surface area (Å²) in [5.74, 6) is -0.803. The summed E-state index contributed by atoms with van der Waals surface area (Å²) in [6.45, 7) is 1.85. The Bertz CT molecular complexity index is 1530. The van der Waals surface area contributed by atoms with Gasteiger partial charge in [0.1, 0.15) is 12.6 Å². The van der Waals surface area contributed by atoms with Gasteiger partial charge in [0, 0.05) is 24.0 Å². The van der Waals surface area contributed by atoms with E-state index in [9.17, 15) is 18.0 Å². The van der Waals surface area contributed by atoms with Crippen LogP contribution in [-0.4, -0.2) is 44.3 Å². The van der Waals surface area contributed by atoms with E-state index in [1.165, 1.54) is 17.0 Å². The number of benzene rings is 4. The van der Waals surface area contributed by atoms with Crippen molar-refractivity contribution in [1.82, 2.24) is 10.2 Å². The zero-order chi connectivity index (χ0) is 29.2. The fraction of sp³-hybridized carbons (Fsp3) is 0.188. The first-order chi connectivity index (χ1) is 19.8. The summed E-state index contributed by atoms with van der Waals surface area (Å²) in [6, 6.07) is 32.6. The first kappa shape index (κ1) is 30.0. The fourth-order valence-corrected chi connectivity index (χ4v) is 6.17. The van der Waals surface area contributed by atoms with Crippen molar-refractivity contribution >= 4 is 43.5 Å². The number of likely N-dealkylation sites (N-methyl/N-ethyl adjacent to an activating group) is 1. The number of halogens is 1. The van der Waals surface area contributed by atoms with E-state index >= 15 is 0 Å². The predicted molar refractivity (Wildman–Crippen MR) is 165 cm³/mol. The van der Waals surface area contributed by atoms with Gasteiger partial charge in [0.25, 0.3) is 10.0 Å². The van der Waals surface area contributed by atoms with Crippen molar-refractivity contribution in [3.63, 3.8) is 0 Å². The smallest absolute Gasteiger partial charge is 0.264 e. The zero-order valence-corrected chi connectivity index (χ0v) is 25.1. The highest BCUT2D eigenvalue weighted by atomic mass is 79.9. The van der Waals surface area contributed by atoms with E-state index in [0.29, 0.717) is 12.2 Å². The monoisotopic (exact) mass is 633 g/mol. The van der Waals surface area contributed by atoms with Crippen molar-refractivity contribution < 1.29 is 18.0 Å². The fourth-order valence-electron chi connectivity index (χ4n) is 4.48. The van der Waals surface area contributed by atoms with Crippen molar-refractivity contribution in [1.29, 1.82) is 0 Å². The summed E-state index contributed by atoms with van der Waals surface area (Å²) in [4.78, 5) is 29.3. The lowest BCUT2D eigenvalue weighted by molar-refractivity contribution is -0.140. The van der Waals surface area contributed by atoms with Crippen LogP contribution in [0, 0.1) is 0 Å². The Labute approximate surface area is 250 Å². The van der Waals surface area contributed by atoms with Crippen molar-refractivity contribution in [2.45, 2.75) is 30.8 Å². The molecule has 0 aromatic heterocycles. The van der Waals surface area contributed by atoms with Gasteiger partial charge in [-0.3, -0.25) is 13.9 Å². The largest absolute Gasteiger partial charge is 0.355 e. The number of hydrogen-bond donors (Lipinski definition) is 1. The summed E-state index contributed by atoms with van der Waals surface area (Å²) in [7, 11) is -4.10. The van der Waals surface area contributed by atoms with E-state index in [1.807, 2.05) is 61.5 Å². The van der Waals surface area contributed by atoms with Crippen LogP contribution in [0.1, 0.15) is 18.1 Å². The number of anilines is 1. The Morgan fingerprint density at radius 2 is 1.34 bits per heavy atom. The normalized spacial score (nSPS) is 11.9. The lowest BCUT2D eigenvalue weighted by Gasteiger charge is -2.33. The van der Waals surface area contributed by atoms with Crippen molar-refractivity contribution in [3.05, 3.63) is 131 Å². The summed E-state index contributed by atoms with van der Waals surface area (Å²) in [5.41, 5.74) is 2.04. The second-order valence-corrected chi connectivity index (χ2v) is 12.2. The van der Waals surface area contributed by atoms with Crippen LogP contribution in [-0.2, 0) is 32.6 Å². The molecule has 0 heterocycles. The maximum Gasteiger partial charge on any atom is 0.264 e. The molecule has 9 heteroatoms. The number of nitrogens with one attached hydrogen (secondary N) is 1. The Morgan fingerprint density at radius 3 is 1.93 bits per heavy atom. The van der Waals surface area contributed by atoms with Gasteiger partial charge in [-0.15, -0.1) is 0 Å². The summed E-state index contributed by atoms with van der Waals surface area (Å²) in [5, 5.41) is 2.87. The van der Waals surface area contributed by atoms with E-state index in [4.69, 9.17) is 0 Å². The third kappa shape index (κ3) is 7.83. The van der Waals surface area contributed by atoms with Crippen LogP contribution in [0.2, 0.25) is 0 Å². The summed E-state index contributed by atoms with van der Waals surface area (Å²) in [6.07, 6.45) is 0.270. The highest BCUT2D eigenvalue weighted by Crippen LogP contribution is 2.25. The Balaban J connectivity index is 1.76. The predicted octanol–water partition coefficient (Wildman–Crippen LogP) is 5.42. The first-order valence-electron chi connectivity index (χ1n) is 13.3. The number of amides is 2. The molecule has 0 fully saturated rings. The quantitative estimate of drug-likeness (QED) is 0.226. The van der Waals surface area contributed by atoms with Gasteiger partial charge in [0.2, 0.25) is 11.8 Å². The minimum Gasteiger partial charge on any atom is -0.355 e. The van der Waals surface area contributed by atoms with Crippen LogP contribution in [0.5, 0.6) is 0 Å². The highest BCUT2D eigenvalue weighted by molar-refractivity contribution is 9.10. The SMILES string of the molecule is CCNC(=O)C(Cc1ccccc1)N(Cc1ccc(Br)cc1)C(=O)CN(c1ccccc1)S(=O)(=O)c1ccccc1. The molecule has 0 radical (unpaired) electrons. The van der Waals surface area contributed by atoms with Gasteiger partial charge in [-0.05, 0) is 54.4 Å². The molecule has 0 aliphatic heterocycles. The molecule has 7 nitrogen and oxygen atoms in total. The molecular weight excluding hydrogens is 602 g/mol. The van der Waals surface area contributed by atoms with Crippen LogP contribution in [0.25, 0.3) is 0 Å². The molecule has 0 saturated carbocycles. The topological polar surface area (TPSA) is 86.8 Å². The molecule has 41 heavy (non-hydrogen) atoms. The molecule has 4 rings (SSSR count). The molecule has 1 unspecified atom stereocenters. The molecular formula is C32H32BrN3O4S. The van der Waals surface area contributed by atoms with Crippen molar-refractivity contribution in [3.8, 4) is 0 Å². The van der Waals surface area contributed by atoms with Crippen molar-refractivity contribution in [2.24, 2.45) is 0 Å². The number of hydrogen-bond acceptors (Lipinski definition) is 4. The van der Waals surface area contributed by atoms with Crippen molar-refractivity contribution in [2.75, 3.05) is 17.4 Å². The third-order valence-corrected chi connectivity index (χ3v) is 8.86. The number of carbonyl (C=O) groups excluding carboxylic acids is 2. The van der Waals surface area contributed by atoms with Gasteiger partial charge in [-0.1, -0.05) is 94.8 Å². The average molecular weight is 635 g/mol. The average Bonchev–Trinajstić information content (AvgIpc) is 3.00. The van der Waals surface area contributed by atoms with Gasteiger partial charge in [-0.2, -0.15) is 0 Å². The lowest BCUT2D eigenvalue weighted by atomic mass is 10.0. The molecule has 4 aromatic carbocycles. The molecule has 1 N–H and O–H groups in total. The standard InChI is InChI=1S/C32H32BrN3O4S/c1-2-34-32(38)30(22-25-12-6-3-7-13-25)35(23-26-18-20-27(33)21-19-26)31(37)24-36(28-14-8-4-9-15-28)41(39,40)29-16-10-5-11-17-29/h3-21,30H,2,22-24H2,1H3,(H,34,38). The Hall–Kier alpha value is -3.95. The number of sulfonamides is 1. The summed E-state index contributed by atoms with van der Waals surface area (Å²) >= 11 is 3.44. The van der Waals surface area contributed by atoms with Gasteiger partial charge >= 0.3 is 0 Å². The van der Waals surface area contributed by atoms with E-state index in [0.717, 1.165) is 19.9 Å². The number of carbonyl (C=O) groups is 2. The van der Waals surface area contributed by atoms with E-state index in [2.05, 4.69) is 21.2 Å². The second kappa shape index (κ2) is 14.1. The van der Waals surface area contributed by atoms with Crippen LogP contribution in [0.15, 0.2) is 125 Å². The summed E-state index contributed by atoms with van der Waals surface area (Å²) < 4.78 is 29.7. The zero-order valence-electron chi connectivity index (χ0n) is 22.7. The maximum atomic E-state index is 14.2. The van der Waals surface area contributed by atoms with Gasteiger partial charge < -0.3 is 10.2 Å². The number of rotatable bonds is 12. The van der Waals surface area contributed by atoms with Gasteiger partial charge in [0.15, 0.2) is 0 Å². The molecule has 4 aromatic rings. The Morgan fingerprint density at radius 1 is 0.780 bits per heavy atom. The second-order valence-electron chi connectivity index (χ2n) is 9.41. The molecule has 0 aliphatic carbocycles. The first-order valence-corrected chi connectivity index (χ1v) is 15.5. The molecule has 0 aliphatic rings. The number of para-hydroxylation sites is 1. The minimum atomic E-state index is -4.10. The van der Waals surface area contributed by atoms with Gasteiger partial charge in [-0.25, -0.2) is 8.42 Å². The maximum absolute atomic E-state index is 14.2. The van der Waals surface area contributed by atoms with Crippen LogP contribution in [0.4, 0.5) is 5.69 Å². The van der Waals surface area contributed by atoms with E-state index in [-0.39, 0.29) is 23.8 Å². The molecule has 212 valence electrons. The minimum absolute atomic E-state index is 0.0701. The van der Waals surface area contributed by atoms with E-state index < -0.39 is 28.5 Å². The molecule has 1 atom stereocenters. The highest BCUT2D eigenvalue weighted by Gasteiger charge is 2.34. The molecule has 0 bridgehead atoms. The van der Waals surface area contributed by atoms with E-state index in [1.54, 1.807) is 48.5 Å². The molecule has 0 spiro atoms. The molecule has 2 amide bonds. The number of nitrogens with zero attached hydrogens (tertiary/aromatic N) is 2. The van der Waals surface area contributed by atoms with Gasteiger partial charge in [0.05, 0.1) is 10.6 Å². The van der Waals surface area contributed by atoms with Crippen LogP contribution < -0.4 is 9.62 Å². The van der Waals surface area contributed by atoms with Crippen LogP contribution in [0.3, 0.4) is 0 Å². The van der Waals surface area contributed by atoms with Crippen LogP contribution >= 0.6 is 15.9 Å². The molecule has 0 saturated heterocycles. The lowest BCUT2D eigenvalue weighted by Crippen LogP contribution is -2.53. The Kier molecular flexibility index (Phi) is 10.3. The third-order valence-electron chi connectivity index (χ3n) is 6.54.